The van der Waals surface area contributed by atoms with E-state index in [1.54, 1.807) is 6.08 Å². The van der Waals surface area contributed by atoms with Crippen molar-refractivity contribution in [3.63, 3.8) is 0 Å². The molecule has 0 bridgehead atoms. The molecule has 124 valence electrons. The predicted molar refractivity (Wildman–Crippen MR) is 86.6 cm³/mol. The van der Waals surface area contributed by atoms with Crippen LogP contribution >= 0.6 is 0 Å². The Labute approximate surface area is 132 Å². The van der Waals surface area contributed by atoms with Crippen LogP contribution in [0.1, 0.15) is 13.8 Å². The topological polar surface area (TPSA) is 85.0 Å². The zero-order chi connectivity index (χ0) is 17.0. The third-order valence-corrected chi connectivity index (χ3v) is 2.93. The molecule has 0 saturated heterocycles. The fourth-order valence-corrected chi connectivity index (χ4v) is 1.54. The van der Waals surface area contributed by atoms with Gasteiger partial charge in [-0.1, -0.05) is 13.2 Å². The third kappa shape index (κ3) is 8.28. The maximum Gasteiger partial charge on any atom is 0.330 e. The standard InChI is InChI=1S/C16H26N2O4/c1-5-15(11-13(3)14(4)17)18(7-9-21-12-19)8-10-22-16(20)6-2/h5-6,11,19H,1-2,7-10,12,17H2,3-4H3/b14-13+,15-11+. The van der Waals surface area contributed by atoms with E-state index in [1.165, 1.54) is 0 Å². The fourth-order valence-electron chi connectivity index (χ4n) is 1.54. The Kier molecular flexibility index (Phi) is 10.5. The van der Waals surface area contributed by atoms with Crippen molar-refractivity contribution in [2.45, 2.75) is 13.8 Å². The van der Waals surface area contributed by atoms with Crippen molar-refractivity contribution in [2.75, 3.05) is 33.1 Å². The monoisotopic (exact) mass is 310 g/mol. The van der Waals surface area contributed by atoms with Crippen LogP contribution in [-0.2, 0) is 14.3 Å². The number of allylic oxidation sites excluding steroid dienone is 4. The lowest BCUT2D eigenvalue weighted by atomic mass is 10.2. The summed E-state index contributed by atoms with van der Waals surface area (Å²) in [6, 6.07) is 0. The summed E-state index contributed by atoms with van der Waals surface area (Å²) in [5.74, 6) is -0.468. The number of hydrogen-bond donors (Lipinski definition) is 2. The van der Waals surface area contributed by atoms with Crippen LogP contribution in [0.25, 0.3) is 0 Å². The molecule has 0 aromatic heterocycles. The van der Waals surface area contributed by atoms with Gasteiger partial charge < -0.3 is 25.2 Å². The van der Waals surface area contributed by atoms with E-state index >= 15 is 0 Å². The Morgan fingerprint density at radius 1 is 1.23 bits per heavy atom. The van der Waals surface area contributed by atoms with Crippen LogP contribution in [0.15, 0.2) is 48.4 Å². The number of aliphatic hydroxyl groups is 1. The lowest BCUT2D eigenvalue weighted by Crippen LogP contribution is -2.30. The summed E-state index contributed by atoms with van der Waals surface area (Å²) in [6.07, 6.45) is 4.71. The minimum Gasteiger partial charge on any atom is -0.461 e. The average Bonchev–Trinajstić information content (AvgIpc) is 2.50. The van der Waals surface area contributed by atoms with Crippen molar-refractivity contribution in [1.29, 1.82) is 0 Å². The summed E-state index contributed by atoms with van der Waals surface area (Å²) < 4.78 is 9.94. The lowest BCUT2D eigenvalue weighted by molar-refractivity contribution is -0.138. The first-order valence-electron chi connectivity index (χ1n) is 6.96. The SMILES string of the molecule is C=CC(=O)OCCN(CCOCO)/C(C=C)=C/C(C)=C(\C)N. The molecule has 0 atom stereocenters. The number of hydrogen-bond acceptors (Lipinski definition) is 6. The molecule has 0 fully saturated rings. The Balaban J connectivity index is 4.92. The molecule has 0 saturated carbocycles. The lowest BCUT2D eigenvalue weighted by Gasteiger charge is -2.25. The third-order valence-electron chi connectivity index (χ3n) is 2.93. The Bertz CT molecular complexity index is 437. The van der Waals surface area contributed by atoms with E-state index in [9.17, 15) is 4.79 Å². The van der Waals surface area contributed by atoms with E-state index in [1.807, 2.05) is 24.8 Å². The second kappa shape index (κ2) is 11.6. The maximum atomic E-state index is 11.1. The minimum absolute atomic E-state index is 0.208. The molecule has 0 spiro atoms. The summed E-state index contributed by atoms with van der Waals surface area (Å²) >= 11 is 0. The van der Waals surface area contributed by atoms with Gasteiger partial charge in [-0.15, -0.1) is 0 Å². The number of carbonyl (C=O) groups excluding carboxylic acids is 1. The zero-order valence-electron chi connectivity index (χ0n) is 13.4. The van der Waals surface area contributed by atoms with Gasteiger partial charge in [-0.25, -0.2) is 4.79 Å². The van der Waals surface area contributed by atoms with Gasteiger partial charge in [-0.3, -0.25) is 0 Å². The van der Waals surface area contributed by atoms with Crippen LogP contribution in [0.5, 0.6) is 0 Å². The molecule has 0 aromatic rings. The van der Waals surface area contributed by atoms with Gasteiger partial charge in [0.15, 0.2) is 0 Å². The maximum absolute atomic E-state index is 11.1. The summed E-state index contributed by atoms with van der Waals surface area (Å²) in [5.41, 5.74) is 8.23. The van der Waals surface area contributed by atoms with E-state index in [0.717, 1.165) is 17.3 Å². The fraction of sp³-hybridized carbons (Fsp3) is 0.438. The van der Waals surface area contributed by atoms with Crippen LogP contribution in [0.3, 0.4) is 0 Å². The molecule has 0 rings (SSSR count). The van der Waals surface area contributed by atoms with E-state index in [0.29, 0.717) is 25.4 Å². The number of carbonyl (C=O) groups is 1. The minimum atomic E-state index is -0.468. The Morgan fingerprint density at radius 3 is 2.36 bits per heavy atom. The predicted octanol–water partition coefficient (Wildman–Crippen LogP) is 1.31. The number of aliphatic hydroxyl groups excluding tert-OH is 1. The number of esters is 1. The van der Waals surface area contributed by atoms with Crippen LogP contribution in [-0.4, -0.2) is 49.1 Å². The van der Waals surface area contributed by atoms with Gasteiger partial charge in [0.25, 0.3) is 0 Å². The summed E-state index contributed by atoms with van der Waals surface area (Å²) in [7, 11) is 0. The molecule has 6 heteroatoms. The highest BCUT2D eigenvalue weighted by Crippen LogP contribution is 2.11. The molecule has 22 heavy (non-hydrogen) atoms. The van der Waals surface area contributed by atoms with Crippen LogP contribution in [0.4, 0.5) is 0 Å². The number of ether oxygens (including phenoxy) is 2. The van der Waals surface area contributed by atoms with Crippen LogP contribution in [0.2, 0.25) is 0 Å². The van der Waals surface area contributed by atoms with Crippen LogP contribution in [0, 0.1) is 0 Å². The van der Waals surface area contributed by atoms with Crippen molar-refractivity contribution >= 4 is 5.97 Å². The molecule has 6 nitrogen and oxygen atoms in total. The number of nitrogens with zero attached hydrogens (tertiary/aromatic N) is 1. The molecule has 0 aliphatic heterocycles. The highest BCUT2D eigenvalue weighted by Gasteiger charge is 2.09. The van der Waals surface area contributed by atoms with Crippen molar-refractivity contribution < 1.29 is 19.4 Å². The van der Waals surface area contributed by atoms with Crippen LogP contribution < -0.4 is 5.73 Å². The zero-order valence-corrected chi connectivity index (χ0v) is 13.4. The largest absolute Gasteiger partial charge is 0.461 e. The van der Waals surface area contributed by atoms with Gasteiger partial charge in [-0.05, 0) is 31.6 Å². The first-order chi connectivity index (χ1) is 10.5. The summed E-state index contributed by atoms with van der Waals surface area (Å²) in [4.78, 5) is 13.0. The first kappa shape index (κ1) is 19.9. The normalized spacial score (nSPS) is 12.4. The second-order valence-electron chi connectivity index (χ2n) is 4.54. The van der Waals surface area contributed by atoms with Gasteiger partial charge in [0.05, 0.1) is 13.2 Å². The smallest absolute Gasteiger partial charge is 0.330 e. The van der Waals surface area contributed by atoms with Gasteiger partial charge in [0.2, 0.25) is 0 Å². The molecular weight excluding hydrogens is 284 g/mol. The van der Waals surface area contributed by atoms with Gasteiger partial charge in [-0.2, -0.15) is 0 Å². The molecule has 0 aliphatic rings. The summed E-state index contributed by atoms with van der Waals surface area (Å²) in [6.45, 7) is 12.0. The Morgan fingerprint density at radius 2 is 1.86 bits per heavy atom. The van der Waals surface area contributed by atoms with E-state index in [4.69, 9.17) is 20.3 Å². The van der Waals surface area contributed by atoms with E-state index < -0.39 is 5.97 Å². The van der Waals surface area contributed by atoms with Crippen molar-refractivity contribution in [1.82, 2.24) is 4.90 Å². The van der Waals surface area contributed by atoms with E-state index in [-0.39, 0.29) is 13.4 Å². The molecule has 3 N–H and O–H groups in total. The van der Waals surface area contributed by atoms with Crippen molar-refractivity contribution in [3.05, 3.63) is 48.4 Å². The second-order valence-corrected chi connectivity index (χ2v) is 4.54. The molecule has 0 aromatic carbocycles. The molecule has 0 heterocycles. The number of nitrogens with two attached hydrogens (primary N) is 1. The van der Waals surface area contributed by atoms with Gasteiger partial charge in [0, 0.05) is 24.0 Å². The van der Waals surface area contributed by atoms with Gasteiger partial charge in [0.1, 0.15) is 13.4 Å². The van der Waals surface area contributed by atoms with Gasteiger partial charge >= 0.3 is 5.97 Å². The highest BCUT2D eigenvalue weighted by molar-refractivity contribution is 5.81. The van der Waals surface area contributed by atoms with Crippen molar-refractivity contribution in [2.24, 2.45) is 5.73 Å². The molecular formula is C16H26N2O4. The quantitative estimate of drug-likeness (QED) is 0.197. The van der Waals surface area contributed by atoms with Crippen molar-refractivity contribution in [3.8, 4) is 0 Å². The molecule has 0 aliphatic carbocycles. The molecule has 0 unspecified atom stereocenters. The Hall–Kier alpha value is -2.05. The average molecular weight is 310 g/mol. The highest BCUT2D eigenvalue weighted by atomic mass is 16.6. The van der Waals surface area contributed by atoms with E-state index in [2.05, 4.69) is 13.2 Å². The number of rotatable bonds is 11. The molecule has 0 amide bonds. The molecule has 0 radical (unpaired) electrons. The first-order valence-corrected chi connectivity index (χ1v) is 6.96. The summed E-state index contributed by atoms with van der Waals surface area (Å²) in [5, 5.41) is 8.69.